The molecule has 27 heavy (non-hydrogen) atoms. The first-order chi connectivity index (χ1) is 12.9. The Morgan fingerprint density at radius 2 is 1.74 bits per heavy atom. The highest BCUT2D eigenvalue weighted by Crippen LogP contribution is 2.14. The van der Waals surface area contributed by atoms with Gasteiger partial charge in [-0.2, -0.15) is 0 Å². The molecule has 0 unspecified atom stereocenters. The number of nitrogens with one attached hydrogen (secondary N) is 4. The second-order valence-electron chi connectivity index (χ2n) is 7.38. The second-order valence-corrected chi connectivity index (χ2v) is 7.82. The fourth-order valence-corrected chi connectivity index (χ4v) is 3.09. The topological polar surface area (TPSA) is 76.3 Å². The van der Waals surface area contributed by atoms with Crippen LogP contribution in [-0.2, 0) is 4.79 Å². The quantitative estimate of drug-likeness (QED) is 0.453. The molecule has 0 bridgehead atoms. The average molecular weight is 399 g/mol. The van der Waals surface area contributed by atoms with Crippen molar-refractivity contribution in [3.05, 3.63) is 29.3 Å². The van der Waals surface area contributed by atoms with Gasteiger partial charge in [0.15, 0.2) is 6.54 Å². The molecule has 1 fully saturated rings. The number of quaternary nitrogens is 2. The standard InChI is InChI=1S/C19H29ClN4O3/c1-15(2)13-21-19(26)22-18(25)14-24-9-7-23(8-10-24)11-12-27-17-5-3-16(20)4-6-17/h3-6,15H,7-14H2,1-2H3,(H2,21,22,25,26)/p+2. The Morgan fingerprint density at radius 1 is 1.11 bits per heavy atom. The second kappa shape index (κ2) is 11.1. The summed E-state index contributed by atoms with van der Waals surface area (Å²) in [7, 11) is 0. The van der Waals surface area contributed by atoms with E-state index >= 15 is 0 Å². The molecule has 0 aliphatic carbocycles. The average Bonchev–Trinajstić information content (AvgIpc) is 2.63. The molecule has 1 aromatic carbocycles. The van der Waals surface area contributed by atoms with Crippen molar-refractivity contribution in [2.45, 2.75) is 13.8 Å². The molecule has 3 amide bonds. The molecule has 0 atom stereocenters. The number of carbonyl (C=O) groups excluding carboxylic acids is 2. The third-order valence-electron chi connectivity index (χ3n) is 4.54. The minimum atomic E-state index is -0.406. The number of hydrogen-bond donors (Lipinski definition) is 4. The summed E-state index contributed by atoms with van der Waals surface area (Å²) in [6, 6.07) is 6.97. The first kappa shape index (κ1) is 21.5. The summed E-state index contributed by atoms with van der Waals surface area (Å²) in [6.45, 7) is 10.3. The van der Waals surface area contributed by atoms with Gasteiger partial charge >= 0.3 is 6.03 Å². The zero-order valence-electron chi connectivity index (χ0n) is 16.1. The summed E-state index contributed by atoms with van der Waals surface area (Å²) in [6.07, 6.45) is 0. The fraction of sp³-hybridized carbons (Fsp3) is 0.579. The van der Waals surface area contributed by atoms with Crippen LogP contribution in [0, 0.1) is 5.92 Å². The molecule has 7 nitrogen and oxygen atoms in total. The van der Waals surface area contributed by atoms with E-state index in [-0.39, 0.29) is 5.91 Å². The molecule has 1 aliphatic heterocycles. The van der Waals surface area contributed by atoms with E-state index in [9.17, 15) is 9.59 Å². The van der Waals surface area contributed by atoms with Crippen LogP contribution < -0.4 is 25.2 Å². The summed E-state index contributed by atoms with van der Waals surface area (Å²) < 4.78 is 5.74. The fourth-order valence-electron chi connectivity index (χ4n) is 2.97. The number of urea groups is 1. The van der Waals surface area contributed by atoms with Gasteiger partial charge in [0.2, 0.25) is 0 Å². The zero-order valence-corrected chi connectivity index (χ0v) is 16.9. The Labute approximate surface area is 166 Å². The number of carbonyl (C=O) groups is 2. The van der Waals surface area contributed by atoms with Crippen molar-refractivity contribution < 1.29 is 24.1 Å². The van der Waals surface area contributed by atoms with Crippen molar-refractivity contribution in [3.8, 4) is 5.75 Å². The molecule has 0 radical (unpaired) electrons. The third kappa shape index (κ3) is 8.60. The van der Waals surface area contributed by atoms with Gasteiger partial charge in [-0.15, -0.1) is 0 Å². The SMILES string of the molecule is CC(C)CNC(=O)NC(=O)C[NH+]1CC[NH+](CCOc2ccc(Cl)cc2)CC1. The lowest BCUT2D eigenvalue weighted by Crippen LogP contribution is -3.28. The van der Waals surface area contributed by atoms with Crippen LogP contribution in [-0.4, -0.2) is 64.4 Å². The van der Waals surface area contributed by atoms with Gasteiger partial charge in [0.05, 0.1) is 0 Å². The molecule has 1 heterocycles. The monoisotopic (exact) mass is 398 g/mol. The Bertz CT molecular complexity index is 601. The van der Waals surface area contributed by atoms with E-state index in [4.69, 9.17) is 16.3 Å². The number of rotatable bonds is 8. The number of amides is 3. The van der Waals surface area contributed by atoms with E-state index in [1.165, 1.54) is 9.80 Å². The summed E-state index contributed by atoms with van der Waals surface area (Å²) in [4.78, 5) is 26.3. The van der Waals surface area contributed by atoms with Gasteiger partial charge < -0.3 is 19.9 Å². The zero-order chi connectivity index (χ0) is 19.6. The number of hydrogen-bond acceptors (Lipinski definition) is 3. The Morgan fingerprint density at radius 3 is 2.37 bits per heavy atom. The van der Waals surface area contributed by atoms with E-state index in [1.54, 1.807) is 0 Å². The number of benzene rings is 1. The summed E-state index contributed by atoms with van der Waals surface area (Å²) in [5.41, 5.74) is 0. The predicted octanol–water partition coefficient (Wildman–Crippen LogP) is -1.02. The summed E-state index contributed by atoms with van der Waals surface area (Å²) >= 11 is 5.86. The lowest BCUT2D eigenvalue weighted by Gasteiger charge is -2.29. The van der Waals surface area contributed by atoms with Crippen molar-refractivity contribution in [3.63, 3.8) is 0 Å². The van der Waals surface area contributed by atoms with Crippen molar-refractivity contribution in [1.29, 1.82) is 0 Å². The highest BCUT2D eigenvalue weighted by atomic mass is 35.5. The molecule has 2 rings (SSSR count). The Kier molecular flexibility index (Phi) is 8.84. The maximum absolute atomic E-state index is 12.0. The van der Waals surface area contributed by atoms with Gasteiger partial charge in [0, 0.05) is 11.6 Å². The maximum atomic E-state index is 12.0. The number of piperazine rings is 1. The van der Waals surface area contributed by atoms with Crippen LogP contribution >= 0.6 is 11.6 Å². The van der Waals surface area contributed by atoms with Crippen molar-refractivity contribution in [2.75, 3.05) is 52.4 Å². The van der Waals surface area contributed by atoms with Crippen LogP contribution in [0.1, 0.15) is 13.8 Å². The van der Waals surface area contributed by atoms with E-state index in [1.807, 2.05) is 38.1 Å². The molecule has 1 saturated heterocycles. The summed E-state index contributed by atoms with van der Waals surface area (Å²) in [5, 5.41) is 5.80. The lowest BCUT2D eigenvalue weighted by molar-refractivity contribution is -1.01. The molecule has 0 saturated carbocycles. The molecule has 0 aromatic heterocycles. The lowest BCUT2D eigenvalue weighted by atomic mass is 10.2. The van der Waals surface area contributed by atoms with Crippen molar-refractivity contribution in [2.24, 2.45) is 5.92 Å². The van der Waals surface area contributed by atoms with Crippen LogP contribution in [0.15, 0.2) is 24.3 Å². The number of imide groups is 1. The molecule has 1 aromatic rings. The largest absolute Gasteiger partial charge is 0.488 e. The minimum absolute atomic E-state index is 0.222. The first-order valence-corrected chi connectivity index (χ1v) is 9.93. The first-order valence-electron chi connectivity index (χ1n) is 9.55. The van der Waals surface area contributed by atoms with Gasteiger partial charge in [-0.05, 0) is 30.2 Å². The molecular weight excluding hydrogens is 368 g/mol. The number of ether oxygens (including phenoxy) is 1. The molecular formula is C19H31ClN4O3+2. The third-order valence-corrected chi connectivity index (χ3v) is 4.79. The van der Waals surface area contributed by atoms with E-state index in [2.05, 4.69) is 10.6 Å². The van der Waals surface area contributed by atoms with Crippen LogP contribution in [0.4, 0.5) is 4.79 Å². The summed E-state index contributed by atoms with van der Waals surface area (Å²) in [5.74, 6) is 0.965. The molecule has 4 N–H and O–H groups in total. The highest BCUT2D eigenvalue weighted by molar-refractivity contribution is 6.30. The van der Waals surface area contributed by atoms with E-state index < -0.39 is 6.03 Å². The van der Waals surface area contributed by atoms with E-state index in [0.717, 1.165) is 38.5 Å². The van der Waals surface area contributed by atoms with Crippen LogP contribution in [0.25, 0.3) is 0 Å². The Hall–Kier alpha value is -1.83. The van der Waals surface area contributed by atoms with Crippen molar-refractivity contribution in [1.82, 2.24) is 10.6 Å². The Balaban J connectivity index is 1.58. The van der Waals surface area contributed by atoms with E-state index in [0.29, 0.717) is 30.6 Å². The van der Waals surface area contributed by atoms with Crippen LogP contribution in [0.2, 0.25) is 5.02 Å². The van der Waals surface area contributed by atoms with Crippen LogP contribution in [0.5, 0.6) is 5.75 Å². The molecule has 0 spiro atoms. The molecule has 150 valence electrons. The maximum Gasteiger partial charge on any atom is 0.321 e. The number of halogens is 1. The van der Waals surface area contributed by atoms with Crippen molar-refractivity contribution >= 4 is 23.5 Å². The predicted molar refractivity (Wildman–Crippen MR) is 104 cm³/mol. The minimum Gasteiger partial charge on any atom is -0.488 e. The normalized spacial score (nSPS) is 19.6. The van der Waals surface area contributed by atoms with Gasteiger partial charge in [-0.3, -0.25) is 10.1 Å². The smallest absolute Gasteiger partial charge is 0.321 e. The van der Waals surface area contributed by atoms with Gasteiger partial charge in [-0.25, -0.2) is 4.79 Å². The molecule has 8 heteroatoms. The van der Waals surface area contributed by atoms with Gasteiger partial charge in [-0.1, -0.05) is 25.4 Å². The highest BCUT2D eigenvalue weighted by Gasteiger charge is 2.25. The van der Waals surface area contributed by atoms with Crippen LogP contribution in [0.3, 0.4) is 0 Å². The molecule has 1 aliphatic rings. The van der Waals surface area contributed by atoms with Gasteiger partial charge in [0.1, 0.15) is 45.1 Å². The van der Waals surface area contributed by atoms with Gasteiger partial charge in [0.25, 0.3) is 5.91 Å².